The molecule has 0 spiro atoms. The summed E-state index contributed by atoms with van der Waals surface area (Å²) in [7, 11) is -0.185. The predicted molar refractivity (Wildman–Crippen MR) is 136 cm³/mol. The minimum Gasteiger partial charge on any atom is -0.403 e. The van der Waals surface area contributed by atoms with Gasteiger partial charge in [0.2, 0.25) is 0 Å². The molecule has 1 aliphatic rings. The molecule has 31 heavy (non-hydrogen) atoms. The zero-order valence-electron chi connectivity index (χ0n) is 22.0. The lowest BCUT2D eigenvalue weighted by atomic mass is 9.80. The van der Waals surface area contributed by atoms with Gasteiger partial charge in [-0.1, -0.05) is 104 Å². The molecule has 0 amide bonds. The summed E-state index contributed by atoms with van der Waals surface area (Å²) in [6.07, 6.45) is 21.1. The van der Waals surface area contributed by atoms with Crippen molar-refractivity contribution in [1.29, 1.82) is 0 Å². The standard InChI is InChI=1S/C27H55BO3/c1-7-9-11-13-15-17-19-24(20-18-16-14-12-10-8-2)23-25(29)21-22-28-30-26(3,4)27(5,6)31-28/h24-25,29H,7-23H2,1-6H3/t25-/m1/s1. The first kappa shape index (κ1) is 29.0. The topological polar surface area (TPSA) is 38.7 Å². The van der Waals surface area contributed by atoms with E-state index in [1.807, 2.05) is 0 Å². The zero-order chi connectivity index (χ0) is 23.2. The maximum atomic E-state index is 10.8. The lowest BCUT2D eigenvalue weighted by Crippen LogP contribution is -2.41. The van der Waals surface area contributed by atoms with Crippen LogP contribution in [0.4, 0.5) is 0 Å². The van der Waals surface area contributed by atoms with Crippen molar-refractivity contribution in [2.24, 2.45) is 5.92 Å². The number of rotatable bonds is 19. The van der Waals surface area contributed by atoms with Gasteiger partial charge >= 0.3 is 7.12 Å². The summed E-state index contributed by atoms with van der Waals surface area (Å²) in [6.45, 7) is 12.9. The van der Waals surface area contributed by atoms with E-state index in [2.05, 4.69) is 41.5 Å². The first-order valence-electron chi connectivity index (χ1n) is 13.8. The van der Waals surface area contributed by atoms with Gasteiger partial charge in [-0.2, -0.15) is 0 Å². The molecule has 0 aromatic carbocycles. The molecule has 1 aliphatic heterocycles. The molecule has 1 N–H and O–H groups in total. The normalized spacial score (nSPS) is 18.8. The molecule has 3 nitrogen and oxygen atoms in total. The van der Waals surface area contributed by atoms with Gasteiger partial charge < -0.3 is 14.4 Å². The van der Waals surface area contributed by atoms with E-state index in [-0.39, 0.29) is 24.4 Å². The monoisotopic (exact) mass is 438 g/mol. The summed E-state index contributed by atoms with van der Waals surface area (Å²) in [5.41, 5.74) is -0.554. The maximum absolute atomic E-state index is 10.8. The molecule has 0 unspecified atom stereocenters. The molecule has 4 heteroatoms. The maximum Gasteiger partial charge on any atom is 0.457 e. The predicted octanol–water partition coefficient (Wildman–Crippen LogP) is 8.34. The van der Waals surface area contributed by atoms with Gasteiger partial charge in [0.15, 0.2) is 0 Å². The lowest BCUT2D eigenvalue weighted by Gasteiger charge is -2.32. The fourth-order valence-electron chi connectivity index (χ4n) is 4.72. The van der Waals surface area contributed by atoms with Gasteiger partial charge in [0.25, 0.3) is 0 Å². The summed E-state index contributed by atoms with van der Waals surface area (Å²) in [5, 5.41) is 10.8. The molecule has 0 bridgehead atoms. The van der Waals surface area contributed by atoms with Crippen molar-refractivity contribution in [1.82, 2.24) is 0 Å². The molecule has 1 saturated heterocycles. The second-order valence-electron chi connectivity index (χ2n) is 11.1. The Bertz CT molecular complexity index is 406. The zero-order valence-corrected chi connectivity index (χ0v) is 22.0. The molecular weight excluding hydrogens is 383 g/mol. The third kappa shape index (κ3) is 12.1. The SMILES string of the molecule is CCCCCCCCC(CCCCCCCC)C[C@H](O)CCB1OC(C)(C)C(C)(C)O1. The van der Waals surface area contributed by atoms with E-state index in [1.54, 1.807) is 0 Å². The van der Waals surface area contributed by atoms with Crippen LogP contribution in [0, 0.1) is 5.92 Å². The number of hydrogen-bond acceptors (Lipinski definition) is 3. The number of aliphatic hydroxyl groups is 1. The van der Waals surface area contributed by atoms with Gasteiger partial charge in [-0.15, -0.1) is 0 Å². The van der Waals surface area contributed by atoms with E-state index in [4.69, 9.17) is 9.31 Å². The molecule has 0 aromatic rings. The second-order valence-corrected chi connectivity index (χ2v) is 11.1. The highest BCUT2D eigenvalue weighted by Gasteiger charge is 2.50. The smallest absolute Gasteiger partial charge is 0.403 e. The van der Waals surface area contributed by atoms with Crippen LogP contribution >= 0.6 is 0 Å². The fourth-order valence-corrected chi connectivity index (χ4v) is 4.72. The molecule has 1 heterocycles. The van der Waals surface area contributed by atoms with Crippen LogP contribution in [0.3, 0.4) is 0 Å². The quantitative estimate of drug-likeness (QED) is 0.163. The number of unbranched alkanes of at least 4 members (excludes halogenated alkanes) is 10. The van der Waals surface area contributed by atoms with Crippen LogP contribution < -0.4 is 0 Å². The van der Waals surface area contributed by atoms with E-state index in [0.29, 0.717) is 5.92 Å². The molecule has 0 saturated carbocycles. The average Bonchev–Trinajstić information content (AvgIpc) is 2.91. The van der Waals surface area contributed by atoms with Gasteiger partial charge in [-0.05, 0) is 52.8 Å². The van der Waals surface area contributed by atoms with Crippen LogP contribution in [0.25, 0.3) is 0 Å². The van der Waals surface area contributed by atoms with Gasteiger partial charge in [0, 0.05) is 0 Å². The molecule has 0 aromatic heterocycles. The third-order valence-corrected chi connectivity index (χ3v) is 7.57. The van der Waals surface area contributed by atoms with Gasteiger partial charge in [0.1, 0.15) is 0 Å². The Balaban J connectivity index is 2.35. The summed E-state index contributed by atoms with van der Waals surface area (Å²) in [5.74, 6) is 0.672. The summed E-state index contributed by atoms with van der Waals surface area (Å²) in [6, 6.07) is 0. The Morgan fingerprint density at radius 2 is 1.06 bits per heavy atom. The van der Waals surface area contributed by atoms with Crippen LogP contribution in [0.1, 0.15) is 144 Å². The molecule has 1 rings (SSSR count). The minimum absolute atomic E-state index is 0.185. The molecule has 184 valence electrons. The van der Waals surface area contributed by atoms with Crippen molar-refractivity contribution in [3.8, 4) is 0 Å². The summed E-state index contributed by atoms with van der Waals surface area (Å²) >= 11 is 0. The van der Waals surface area contributed by atoms with E-state index in [1.165, 1.54) is 89.9 Å². The van der Waals surface area contributed by atoms with Crippen LogP contribution in [-0.4, -0.2) is 29.5 Å². The Labute approximate surface area is 195 Å². The molecular formula is C27H55BO3. The summed E-state index contributed by atoms with van der Waals surface area (Å²) in [4.78, 5) is 0. The number of hydrogen-bond donors (Lipinski definition) is 1. The third-order valence-electron chi connectivity index (χ3n) is 7.57. The minimum atomic E-state index is -0.277. The summed E-state index contributed by atoms with van der Waals surface area (Å²) < 4.78 is 12.2. The lowest BCUT2D eigenvalue weighted by molar-refractivity contribution is 0.00578. The largest absolute Gasteiger partial charge is 0.457 e. The molecule has 1 atom stereocenters. The van der Waals surface area contributed by atoms with E-state index >= 15 is 0 Å². The van der Waals surface area contributed by atoms with Crippen molar-refractivity contribution in [3.63, 3.8) is 0 Å². The van der Waals surface area contributed by atoms with Gasteiger partial charge in [0.05, 0.1) is 17.3 Å². The highest BCUT2D eigenvalue weighted by molar-refractivity contribution is 6.45. The second kappa shape index (κ2) is 15.7. The average molecular weight is 439 g/mol. The van der Waals surface area contributed by atoms with Crippen molar-refractivity contribution in [2.75, 3.05) is 0 Å². The Morgan fingerprint density at radius 1 is 0.645 bits per heavy atom. The van der Waals surface area contributed by atoms with Crippen LogP contribution in [0.2, 0.25) is 6.32 Å². The van der Waals surface area contributed by atoms with E-state index in [0.717, 1.165) is 19.2 Å². The number of aliphatic hydroxyl groups excluding tert-OH is 1. The van der Waals surface area contributed by atoms with Crippen molar-refractivity contribution in [2.45, 2.75) is 168 Å². The van der Waals surface area contributed by atoms with Gasteiger partial charge in [-0.3, -0.25) is 0 Å². The highest BCUT2D eigenvalue weighted by Crippen LogP contribution is 2.38. The Hall–Kier alpha value is -0.0551. The van der Waals surface area contributed by atoms with Crippen LogP contribution in [0.15, 0.2) is 0 Å². The van der Waals surface area contributed by atoms with Gasteiger partial charge in [-0.25, -0.2) is 0 Å². The van der Waals surface area contributed by atoms with Crippen molar-refractivity contribution in [3.05, 3.63) is 0 Å². The first-order chi connectivity index (χ1) is 14.7. The molecule has 1 fully saturated rings. The van der Waals surface area contributed by atoms with Crippen LogP contribution in [0.5, 0.6) is 0 Å². The Morgan fingerprint density at radius 3 is 1.52 bits per heavy atom. The van der Waals surface area contributed by atoms with E-state index < -0.39 is 0 Å². The van der Waals surface area contributed by atoms with Crippen molar-refractivity contribution < 1.29 is 14.4 Å². The Kier molecular flexibility index (Phi) is 14.7. The molecule has 0 aliphatic carbocycles. The van der Waals surface area contributed by atoms with E-state index in [9.17, 15) is 5.11 Å². The highest BCUT2D eigenvalue weighted by atomic mass is 16.7. The fraction of sp³-hybridized carbons (Fsp3) is 1.00. The first-order valence-corrected chi connectivity index (χ1v) is 13.8. The van der Waals surface area contributed by atoms with Crippen molar-refractivity contribution >= 4 is 7.12 Å². The molecule has 0 radical (unpaired) electrons. The van der Waals surface area contributed by atoms with Crippen LogP contribution in [-0.2, 0) is 9.31 Å².